The van der Waals surface area contributed by atoms with Crippen molar-refractivity contribution in [3.05, 3.63) is 24.2 Å². The molecule has 0 aliphatic heterocycles. The van der Waals surface area contributed by atoms with Crippen molar-refractivity contribution in [1.82, 2.24) is 4.90 Å². The van der Waals surface area contributed by atoms with Crippen LogP contribution in [0, 0.1) is 0 Å². The summed E-state index contributed by atoms with van der Waals surface area (Å²) in [6.07, 6.45) is 9.23. The zero-order chi connectivity index (χ0) is 12.8. The molecule has 18 heavy (non-hydrogen) atoms. The quantitative estimate of drug-likeness (QED) is 0.843. The predicted octanol–water partition coefficient (Wildman–Crippen LogP) is 3.15. The van der Waals surface area contributed by atoms with Crippen molar-refractivity contribution < 1.29 is 4.42 Å². The van der Waals surface area contributed by atoms with Crippen LogP contribution in [-0.4, -0.2) is 23.5 Å². The van der Waals surface area contributed by atoms with Gasteiger partial charge in [-0.05, 0) is 37.9 Å². The maximum absolute atomic E-state index is 6.49. The van der Waals surface area contributed by atoms with E-state index in [2.05, 4.69) is 11.8 Å². The predicted molar refractivity (Wildman–Crippen MR) is 74.3 cm³/mol. The van der Waals surface area contributed by atoms with Crippen molar-refractivity contribution in [2.24, 2.45) is 5.73 Å². The summed E-state index contributed by atoms with van der Waals surface area (Å²) in [5.41, 5.74) is 6.58. The minimum atomic E-state index is 0.0921. The highest BCUT2D eigenvalue weighted by Crippen LogP contribution is 2.28. The van der Waals surface area contributed by atoms with Crippen LogP contribution in [-0.2, 0) is 6.54 Å². The summed E-state index contributed by atoms with van der Waals surface area (Å²) >= 11 is 0. The second-order valence-corrected chi connectivity index (χ2v) is 5.62. The number of furan rings is 1. The molecule has 1 fully saturated rings. The fourth-order valence-corrected chi connectivity index (χ4v) is 2.86. The highest BCUT2D eigenvalue weighted by atomic mass is 16.3. The molecule has 0 unspecified atom stereocenters. The van der Waals surface area contributed by atoms with Crippen molar-refractivity contribution in [2.45, 2.75) is 57.5 Å². The number of rotatable bonds is 6. The molecule has 1 heterocycles. The zero-order valence-electron chi connectivity index (χ0n) is 11.5. The van der Waals surface area contributed by atoms with Gasteiger partial charge in [0, 0.05) is 12.1 Å². The van der Waals surface area contributed by atoms with E-state index in [0.717, 1.165) is 31.8 Å². The standard InChI is InChI=1S/C15H26N2O/c1-2-17(13-14-7-6-12-18-14)11-10-15(16)8-4-3-5-9-15/h6-7,12H,2-5,8-11,13,16H2,1H3. The molecule has 0 radical (unpaired) electrons. The lowest BCUT2D eigenvalue weighted by molar-refractivity contribution is 0.199. The SMILES string of the molecule is CCN(CCC1(N)CCCCC1)Cc1ccco1. The molecule has 0 spiro atoms. The lowest BCUT2D eigenvalue weighted by Crippen LogP contribution is -2.44. The number of hydrogen-bond acceptors (Lipinski definition) is 3. The van der Waals surface area contributed by atoms with E-state index in [1.807, 2.05) is 12.1 Å². The molecule has 3 heteroatoms. The summed E-state index contributed by atoms with van der Waals surface area (Å²) < 4.78 is 5.41. The van der Waals surface area contributed by atoms with Gasteiger partial charge in [-0.1, -0.05) is 26.2 Å². The Kier molecular flexibility index (Phi) is 4.84. The zero-order valence-corrected chi connectivity index (χ0v) is 11.5. The van der Waals surface area contributed by atoms with Gasteiger partial charge in [0.1, 0.15) is 5.76 Å². The van der Waals surface area contributed by atoms with Gasteiger partial charge in [0.15, 0.2) is 0 Å². The largest absolute Gasteiger partial charge is 0.468 e. The third kappa shape index (κ3) is 3.85. The second-order valence-electron chi connectivity index (χ2n) is 5.62. The maximum Gasteiger partial charge on any atom is 0.117 e. The van der Waals surface area contributed by atoms with Gasteiger partial charge in [0.2, 0.25) is 0 Å². The highest BCUT2D eigenvalue weighted by Gasteiger charge is 2.27. The van der Waals surface area contributed by atoms with E-state index in [9.17, 15) is 0 Å². The topological polar surface area (TPSA) is 42.4 Å². The van der Waals surface area contributed by atoms with Gasteiger partial charge in [-0.2, -0.15) is 0 Å². The Morgan fingerprint density at radius 1 is 1.33 bits per heavy atom. The van der Waals surface area contributed by atoms with Gasteiger partial charge in [0.05, 0.1) is 12.8 Å². The van der Waals surface area contributed by atoms with Crippen molar-refractivity contribution in [1.29, 1.82) is 0 Å². The summed E-state index contributed by atoms with van der Waals surface area (Å²) in [7, 11) is 0. The highest BCUT2D eigenvalue weighted by molar-refractivity contribution is 4.98. The Balaban J connectivity index is 1.79. The Bertz CT molecular complexity index is 328. The van der Waals surface area contributed by atoms with Crippen molar-refractivity contribution in [3.8, 4) is 0 Å². The van der Waals surface area contributed by atoms with Gasteiger partial charge in [-0.3, -0.25) is 4.90 Å². The van der Waals surface area contributed by atoms with Gasteiger partial charge >= 0.3 is 0 Å². The molecule has 1 aliphatic rings. The third-order valence-electron chi connectivity index (χ3n) is 4.18. The Morgan fingerprint density at radius 2 is 2.11 bits per heavy atom. The third-order valence-corrected chi connectivity index (χ3v) is 4.18. The maximum atomic E-state index is 6.49. The lowest BCUT2D eigenvalue weighted by Gasteiger charge is -2.35. The van der Waals surface area contributed by atoms with Crippen LogP contribution in [0.25, 0.3) is 0 Å². The lowest BCUT2D eigenvalue weighted by atomic mass is 9.80. The molecule has 102 valence electrons. The van der Waals surface area contributed by atoms with Gasteiger partial charge in [-0.15, -0.1) is 0 Å². The molecule has 1 aromatic rings. The first-order valence-corrected chi connectivity index (χ1v) is 7.25. The summed E-state index contributed by atoms with van der Waals surface area (Å²) in [6, 6.07) is 4.00. The first kappa shape index (κ1) is 13.6. The average Bonchev–Trinajstić information content (AvgIpc) is 2.88. The summed E-state index contributed by atoms with van der Waals surface area (Å²) in [5, 5.41) is 0. The minimum absolute atomic E-state index is 0.0921. The van der Waals surface area contributed by atoms with E-state index in [4.69, 9.17) is 10.2 Å². The smallest absolute Gasteiger partial charge is 0.117 e. The van der Waals surface area contributed by atoms with Crippen LogP contribution in [0.5, 0.6) is 0 Å². The van der Waals surface area contributed by atoms with E-state index in [1.165, 1.54) is 32.1 Å². The Labute approximate surface area is 110 Å². The molecule has 0 bridgehead atoms. The molecule has 2 N–H and O–H groups in total. The Morgan fingerprint density at radius 3 is 2.72 bits per heavy atom. The van der Waals surface area contributed by atoms with E-state index < -0.39 is 0 Å². The first-order chi connectivity index (χ1) is 8.72. The fourth-order valence-electron chi connectivity index (χ4n) is 2.86. The van der Waals surface area contributed by atoms with E-state index in [-0.39, 0.29) is 5.54 Å². The molecule has 2 rings (SSSR count). The average molecular weight is 250 g/mol. The van der Waals surface area contributed by atoms with E-state index in [1.54, 1.807) is 6.26 Å². The number of nitrogens with zero attached hydrogens (tertiary/aromatic N) is 1. The molecule has 0 amide bonds. The van der Waals surface area contributed by atoms with E-state index in [0.29, 0.717) is 0 Å². The summed E-state index contributed by atoms with van der Waals surface area (Å²) in [4.78, 5) is 2.42. The number of nitrogens with two attached hydrogens (primary N) is 1. The van der Waals surface area contributed by atoms with Crippen LogP contribution in [0.4, 0.5) is 0 Å². The van der Waals surface area contributed by atoms with Crippen LogP contribution < -0.4 is 5.73 Å². The molecular weight excluding hydrogens is 224 g/mol. The second kappa shape index (κ2) is 6.39. The Hall–Kier alpha value is -0.800. The van der Waals surface area contributed by atoms with Crippen LogP contribution >= 0.6 is 0 Å². The summed E-state index contributed by atoms with van der Waals surface area (Å²) in [5.74, 6) is 1.05. The van der Waals surface area contributed by atoms with E-state index >= 15 is 0 Å². The monoisotopic (exact) mass is 250 g/mol. The van der Waals surface area contributed by atoms with Gasteiger partial charge in [0.25, 0.3) is 0 Å². The van der Waals surface area contributed by atoms with Crippen LogP contribution in [0.15, 0.2) is 22.8 Å². The summed E-state index contributed by atoms with van der Waals surface area (Å²) in [6.45, 7) is 5.23. The molecule has 3 nitrogen and oxygen atoms in total. The minimum Gasteiger partial charge on any atom is -0.468 e. The van der Waals surface area contributed by atoms with Gasteiger partial charge < -0.3 is 10.2 Å². The van der Waals surface area contributed by atoms with Crippen LogP contribution in [0.2, 0.25) is 0 Å². The normalized spacial score (nSPS) is 19.3. The molecule has 0 aromatic carbocycles. The molecule has 1 aliphatic carbocycles. The molecule has 1 saturated carbocycles. The van der Waals surface area contributed by atoms with Crippen LogP contribution in [0.1, 0.15) is 51.2 Å². The molecular formula is C15H26N2O. The first-order valence-electron chi connectivity index (χ1n) is 7.25. The molecule has 1 aromatic heterocycles. The molecule has 0 atom stereocenters. The van der Waals surface area contributed by atoms with Crippen molar-refractivity contribution in [2.75, 3.05) is 13.1 Å². The van der Waals surface area contributed by atoms with Crippen molar-refractivity contribution in [3.63, 3.8) is 0 Å². The molecule has 0 saturated heterocycles. The van der Waals surface area contributed by atoms with Crippen molar-refractivity contribution >= 4 is 0 Å². The number of hydrogen-bond donors (Lipinski definition) is 1. The fraction of sp³-hybridized carbons (Fsp3) is 0.733. The van der Waals surface area contributed by atoms with Gasteiger partial charge in [-0.25, -0.2) is 0 Å². The van der Waals surface area contributed by atoms with Crippen LogP contribution in [0.3, 0.4) is 0 Å².